The lowest BCUT2D eigenvalue weighted by Crippen LogP contribution is -2.09. The van der Waals surface area contributed by atoms with E-state index in [9.17, 15) is 4.39 Å². The van der Waals surface area contributed by atoms with Gasteiger partial charge in [0.2, 0.25) is 0 Å². The monoisotopic (exact) mass is 261 g/mol. The number of rotatable bonds is 5. The van der Waals surface area contributed by atoms with Crippen LogP contribution in [0.2, 0.25) is 0 Å². The third-order valence-corrected chi connectivity index (χ3v) is 2.34. The molecule has 0 aliphatic rings. The molecule has 0 saturated heterocycles. The Bertz CT molecular complexity index is 293. The van der Waals surface area contributed by atoms with Gasteiger partial charge in [-0.3, -0.25) is 0 Å². The Morgan fingerprint density at radius 3 is 2.93 bits per heavy atom. The molecule has 0 aliphatic carbocycles. The Morgan fingerprint density at radius 1 is 1.50 bits per heavy atom. The molecule has 0 radical (unpaired) electrons. The van der Waals surface area contributed by atoms with E-state index in [1.165, 1.54) is 6.07 Å². The van der Waals surface area contributed by atoms with Gasteiger partial charge in [-0.05, 0) is 41.1 Å². The van der Waals surface area contributed by atoms with E-state index in [0.29, 0.717) is 24.2 Å². The maximum absolute atomic E-state index is 13.0. The Hall–Kier alpha value is -0.610. The predicted molar refractivity (Wildman–Crippen MR) is 59.1 cm³/mol. The number of hydrogen-bond acceptors (Lipinski definition) is 2. The maximum Gasteiger partial charge on any atom is 0.139 e. The second-order valence-electron chi connectivity index (χ2n) is 2.75. The second kappa shape index (κ2) is 5.98. The summed E-state index contributed by atoms with van der Waals surface area (Å²) in [6.07, 6.45) is 0. The number of benzene rings is 1. The van der Waals surface area contributed by atoms with Gasteiger partial charge in [0, 0.05) is 18.8 Å². The number of anilines is 1. The fraction of sp³-hybridized carbons (Fsp3) is 0.400. The standard InChI is InChI=1S/C10H13BrFNO/c1-2-14-6-5-13-8-3-4-9(11)10(12)7-8/h3-4,7,13H,2,5-6H2,1H3. The molecule has 1 aromatic carbocycles. The minimum absolute atomic E-state index is 0.258. The fourth-order valence-corrected chi connectivity index (χ4v) is 1.26. The van der Waals surface area contributed by atoms with Gasteiger partial charge in [0.1, 0.15) is 5.82 Å². The zero-order valence-corrected chi connectivity index (χ0v) is 9.60. The van der Waals surface area contributed by atoms with Crippen molar-refractivity contribution in [2.75, 3.05) is 25.1 Å². The lowest BCUT2D eigenvalue weighted by molar-refractivity contribution is 0.158. The van der Waals surface area contributed by atoms with Crippen LogP contribution in [0.3, 0.4) is 0 Å². The van der Waals surface area contributed by atoms with Crippen LogP contribution < -0.4 is 5.32 Å². The van der Waals surface area contributed by atoms with Gasteiger partial charge in [0.05, 0.1) is 11.1 Å². The van der Waals surface area contributed by atoms with Crippen LogP contribution in [0.15, 0.2) is 22.7 Å². The lowest BCUT2D eigenvalue weighted by Gasteiger charge is -2.06. The number of halogens is 2. The summed E-state index contributed by atoms with van der Waals surface area (Å²) in [6, 6.07) is 4.95. The average molecular weight is 262 g/mol. The van der Waals surface area contributed by atoms with E-state index in [1.807, 2.05) is 13.0 Å². The van der Waals surface area contributed by atoms with Crippen molar-refractivity contribution in [2.24, 2.45) is 0 Å². The molecular weight excluding hydrogens is 249 g/mol. The van der Waals surface area contributed by atoms with Gasteiger partial charge in [-0.15, -0.1) is 0 Å². The van der Waals surface area contributed by atoms with Crippen LogP contribution in [0.4, 0.5) is 10.1 Å². The highest BCUT2D eigenvalue weighted by atomic mass is 79.9. The highest BCUT2D eigenvalue weighted by Gasteiger charge is 1.99. The van der Waals surface area contributed by atoms with Crippen LogP contribution >= 0.6 is 15.9 Å². The van der Waals surface area contributed by atoms with Crippen LogP contribution in [-0.2, 0) is 4.74 Å². The molecular formula is C10H13BrFNO. The smallest absolute Gasteiger partial charge is 0.139 e. The Labute approximate surface area is 91.6 Å². The summed E-state index contributed by atoms with van der Waals surface area (Å²) in [5, 5.41) is 3.06. The third kappa shape index (κ3) is 3.64. The summed E-state index contributed by atoms with van der Waals surface area (Å²) in [4.78, 5) is 0. The topological polar surface area (TPSA) is 21.3 Å². The number of ether oxygens (including phenoxy) is 1. The molecule has 0 aromatic heterocycles. The van der Waals surface area contributed by atoms with Gasteiger partial charge in [-0.1, -0.05) is 0 Å². The van der Waals surface area contributed by atoms with Crippen molar-refractivity contribution in [3.63, 3.8) is 0 Å². The zero-order valence-electron chi connectivity index (χ0n) is 8.02. The summed E-state index contributed by atoms with van der Waals surface area (Å²) >= 11 is 3.09. The van der Waals surface area contributed by atoms with E-state index in [2.05, 4.69) is 21.2 Å². The molecule has 0 amide bonds. The quantitative estimate of drug-likeness (QED) is 0.823. The van der Waals surface area contributed by atoms with Gasteiger partial charge in [-0.2, -0.15) is 0 Å². The zero-order chi connectivity index (χ0) is 10.4. The SMILES string of the molecule is CCOCCNc1ccc(Br)c(F)c1. The second-order valence-corrected chi connectivity index (χ2v) is 3.61. The minimum Gasteiger partial charge on any atom is -0.383 e. The first-order valence-electron chi connectivity index (χ1n) is 4.50. The molecule has 1 aromatic rings. The molecule has 14 heavy (non-hydrogen) atoms. The number of nitrogens with one attached hydrogen (secondary N) is 1. The van der Waals surface area contributed by atoms with Gasteiger partial charge in [0.25, 0.3) is 0 Å². The van der Waals surface area contributed by atoms with Gasteiger partial charge in [0.15, 0.2) is 0 Å². The van der Waals surface area contributed by atoms with E-state index in [1.54, 1.807) is 6.07 Å². The molecule has 0 atom stereocenters. The first-order valence-corrected chi connectivity index (χ1v) is 5.30. The molecule has 0 bridgehead atoms. The Balaban J connectivity index is 2.39. The largest absolute Gasteiger partial charge is 0.383 e. The Kier molecular flexibility index (Phi) is 4.90. The highest BCUT2D eigenvalue weighted by Crippen LogP contribution is 2.18. The van der Waals surface area contributed by atoms with Gasteiger partial charge < -0.3 is 10.1 Å². The van der Waals surface area contributed by atoms with E-state index in [-0.39, 0.29) is 5.82 Å². The Morgan fingerprint density at radius 2 is 2.29 bits per heavy atom. The molecule has 1 rings (SSSR count). The van der Waals surface area contributed by atoms with Crippen molar-refractivity contribution in [2.45, 2.75) is 6.92 Å². The van der Waals surface area contributed by atoms with Crippen LogP contribution in [0.1, 0.15) is 6.92 Å². The molecule has 0 aliphatic heterocycles. The van der Waals surface area contributed by atoms with Crippen LogP contribution in [-0.4, -0.2) is 19.8 Å². The molecule has 78 valence electrons. The summed E-state index contributed by atoms with van der Waals surface area (Å²) in [7, 11) is 0. The summed E-state index contributed by atoms with van der Waals surface area (Å²) in [5.41, 5.74) is 0.769. The maximum atomic E-state index is 13.0. The highest BCUT2D eigenvalue weighted by molar-refractivity contribution is 9.10. The minimum atomic E-state index is -0.258. The van der Waals surface area contributed by atoms with Crippen LogP contribution in [0.5, 0.6) is 0 Å². The van der Waals surface area contributed by atoms with Gasteiger partial charge >= 0.3 is 0 Å². The molecule has 0 fully saturated rings. The molecule has 2 nitrogen and oxygen atoms in total. The first kappa shape index (κ1) is 11.5. The molecule has 0 unspecified atom stereocenters. The molecule has 0 heterocycles. The molecule has 4 heteroatoms. The fourth-order valence-electron chi connectivity index (χ4n) is 1.02. The van der Waals surface area contributed by atoms with Crippen LogP contribution in [0, 0.1) is 5.82 Å². The van der Waals surface area contributed by atoms with Crippen LogP contribution in [0.25, 0.3) is 0 Å². The van der Waals surface area contributed by atoms with Crippen molar-refractivity contribution in [1.82, 2.24) is 0 Å². The third-order valence-electron chi connectivity index (χ3n) is 1.70. The van der Waals surface area contributed by atoms with Gasteiger partial charge in [-0.25, -0.2) is 4.39 Å². The van der Waals surface area contributed by atoms with Crippen molar-refractivity contribution in [3.8, 4) is 0 Å². The number of hydrogen-bond donors (Lipinski definition) is 1. The van der Waals surface area contributed by atoms with E-state index in [0.717, 1.165) is 5.69 Å². The van der Waals surface area contributed by atoms with E-state index in [4.69, 9.17) is 4.74 Å². The van der Waals surface area contributed by atoms with Crippen molar-refractivity contribution < 1.29 is 9.13 Å². The molecule has 0 spiro atoms. The van der Waals surface area contributed by atoms with Crippen molar-refractivity contribution in [3.05, 3.63) is 28.5 Å². The summed E-state index contributed by atoms with van der Waals surface area (Å²) < 4.78 is 18.7. The van der Waals surface area contributed by atoms with Crippen molar-refractivity contribution in [1.29, 1.82) is 0 Å². The molecule has 1 N–H and O–H groups in total. The first-order chi connectivity index (χ1) is 6.74. The molecule has 0 saturated carbocycles. The van der Waals surface area contributed by atoms with E-state index >= 15 is 0 Å². The normalized spacial score (nSPS) is 10.2. The van der Waals surface area contributed by atoms with E-state index < -0.39 is 0 Å². The summed E-state index contributed by atoms with van der Waals surface area (Å²) in [5.74, 6) is -0.258. The predicted octanol–water partition coefficient (Wildman–Crippen LogP) is 3.04. The van der Waals surface area contributed by atoms with Crippen molar-refractivity contribution >= 4 is 21.6 Å². The summed E-state index contributed by atoms with van der Waals surface area (Å²) in [6.45, 7) is 3.97. The lowest BCUT2D eigenvalue weighted by atomic mass is 10.3. The average Bonchev–Trinajstić information content (AvgIpc) is 2.18.